The quantitative estimate of drug-likeness (QED) is 0.112. The van der Waals surface area contributed by atoms with Crippen molar-refractivity contribution in [3.63, 3.8) is 0 Å². The third-order valence-corrected chi connectivity index (χ3v) is 9.34. The average Bonchev–Trinajstić information content (AvgIpc) is 3.85. The molecule has 4 aromatic carbocycles. The Bertz CT molecular complexity index is 2920. The average molecular weight is 662 g/mol. The molecule has 12 heteroatoms. The van der Waals surface area contributed by atoms with Gasteiger partial charge in [-0.3, -0.25) is 9.59 Å². The number of Topliss-reactive ketones (excluding diaryl/α,β-unsaturated/α-hetero) is 1. The van der Waals surface area contributed by atoms with Gasteiger partial charge in [0.2, 0.25) is 11.6 Å². The minimum Gasteiger partial charge on any atom is -0.422 e. The number of hydrogen-bond donors (Lipinski definition) is 0. The van der Waals surface area contributed by atoms with Gasteiger partial charge in [-0.1, -0.05) is 66.2 Å². The number of fused-ring (bicyclic) bond motifs is 5. The highest BCUT2D eigenvalue weighted by molar-refractivity contribution is 7.13. The van der Waals surface area contributed by atoms with Gasteiger partial charge in [-0.05, 0) is 54.1 Å². The van der Waals surface area contributed by atoms with Crippen LogP contribution >= 0.6 is 11.3 Å². The molecule has 0 unspecified atom stereocenters. The van der Waals surface area contributed by atoms with Gasteiger partial charge < -0.3 is 4.42 Å². The summed E-state index contributed by atoms with van der Waals surface area (Å²) >= 11 is 1.27. The number of carbonyl (C=O) groups is 1. The fraction of sp³-hybridized carbons (Fsp3) is 0.0541. The summed E-state index contributed by atoms with van der Waals surface area (Å²) in [6.45, 7) is 3.33. The van der Waals surface area contributed by atoms with Crippen LogP contribution in [0, 0.1) is 6.92 Å². The number of benzene rings is 4. The molecule has 0 atom stereocenters. The maximum absolute atomic E-state index is 14.5. The van der Waals surface area contributed by atoms with Crippen molar-refractivity contribution in [2.75, 3.05) is 0 Å². The maximum atomic E-state index is 14.5. The van der Waals surface area contributed by atoms with E-state index in [9.17, 15) is 14.4 Å². The molecule has 236 valence electrons. The number of ketones is 1. The molecular formula is C37H23N7O4S. The summed E-state index contributed by atoms with van der Waals surface area (Å²) in [5, 5.41) is 14.4. The van der Waals surface area contributed by atoms with Crippen LogP contribution in [-0.2, 0) is 0 Å². The van der Waals surface area contributed by atoms with E-state index in [1.54, 1.807) is 17.5 Å². The molecule has 0 aliphatic carbocycles. The van der Waals surface area contributed by atoms with Crippen LogP contribution in [0.15, 0.2) is 116 Å². The van der Waals surface area contributed by atoms with E-state index in [0.29, 0.717) is 38.9 Å². The van der Waals surface area contributed by atoms with E-state index >= 15 is 0 Å². The van der Waals surface area contributed by atoms with E-state index in [2.05, 4.69) is 5.10 Å². The standard InChI is InChI=1S/C37H23N7O4S/c1-20-12-15-24(16-13-20)43-32-30(39-37-42(35(32)46)33(21(2)45)41-44(37)23-9-4-3-5-10-23)31(40-43)34-38-28(19-49-34)27-18-26-25-11-7-6-8-22(25)14-17-29(26)48-36(27)47/h3-19H,1-2H3. The number of nitrogens with zero attached hydrogens (tertiary/aromatic N) is 7. The van der Waals surface area contributed by atoms with Gasteiger partial charge in [0.05, 0.1) is 22.6 Å². The lowest BCUT2D eigenvalue weighted by molar-refractivity contribution is 0.100. The number of aryl methyl sites for hydroxylation is 1. The molecule has 0 bridgehead atoms. The van der Waals surface area contributed by atoms with Crippen LogP contribution in [0.2, 0.25) is 0 Å². The monoisotopic (exact) mass is 661 g/mol. The maximum Gasteiger partial charge on any atom is 0.345 e. The molecule has 5 aromatic heterocycles. The van der Waals surface area contributed by atoms with E-state index in [1.807, 2.05) is 91.9 Å². The lowest BCUT2D eigenvalue weighted by Crippen LogP contribution is -2.20. The van der Waals surface area contributed by atoms with Crippen molar-refractivity contribution in [3.8, 4) is 33.3 Å². The molecule has 9 aromatic rings. The number of aromatic nitrogens is 7. The van der Waals surface area contributed by atoms with Gasteiger partial charge in [0.15, 0.2) is 11.3 Å². The zero-order chi connectivity index (χ0) is 33.4. The molecule has 0 radical (unpaired) electrons. The lowest BCUT2D eigenvalue weighted by atomic mass is 10.0. The third kappa shape index (κ3) is 4.45. The Hall–Kier alpha value is -6.53. The SMILES string of the molecule is CC(=O)c1nn(-c2ccccc2)c2nc3c(-c4nc(-c5cc6c(ccc7ccccc76)oc5=O)cs4)nn(-c4ccc(C)cc4)c3c(=O)n12. The predicted octanol–water partition coefficient (Wildman–Crippen LogP) is 6.78. The van der Waals surface area contributed by atoms with Crippen LogP contribution in [0.3, 0.4) is 0 Å². The summed E-state index contributed by atoms with van der Waals surface area (Å²) in [7, 11) is 0. The molecule has 0 aliphatic rings. The summed E-state index contributed by atoms with van der Waals surface area (Å²) in [6.07, 6.45) is 0. The van der Waals surface area contributed by atoms with E-state index in [0.717, 1.165) is 21.7 Å². The molecule has 5 heterocycles. The van der Waals surface area contributed by atoms with Crippen molar-refractivity contribution in [2.24, 2.45) is 0 Å². The minimum absolute atomic E-state index is 0.0523. The molecule has 0 amide bonds. The highest BCUT2D eigenvalue weighted by atomic mass is 32.1. The third-order valence-electron chi connectivity index (χ3n) is 8.49. The molecule has 11 nitrogen and oxygen atoms in total. The number of hydrogen-bond acceptors (Lipinski definition) is 9. The Morgan fingerprint density at radius 3 is 2.35 bits per heavy atom. The fourth-order valence-electron chi connectivity index (χ4n) is 6.11. The zero-order valence-corrected chi connectivity index (χ0v) is 26.8. The number of para-hydroxylation sites is 1. The Balaban J connectivity index is 1.31. The molecule has 0 fully saturated rings. The fourth-order valence-corrected chi connectivity index (χ4v) is 6.92. The summed E-state index contributed by atoms with van der Waals surface area (Å²) in [5.41, 5.74) is 3.22. The first kappa shape index (κ1) is 28.7. The molecule has 9 rings (SSSR count). The number of rotatable bonds is 5. The first-order chi connectivity index (χ1) is 23.9. The highest BCUT2D eigenvalue weighted by Gasteiger charge is 2.27. The Kier molecular flexibility index (Phi) is 6.29. The van der Waals surface area contributed by atoms with Crippen LogP contribution in [-0.4, -0.2) is 39.7 Å². The largest absolute Gasteiger partial charge is 0.422 e. The van der Waals surface area contributed by atoms with Gasteiger partial charge in [-0.2, -0.15) is 9.78 Å². The molecular weight excluding hydrogens is 639 g/mol. The van der Waals surface area contributed by atoms with Gasteiger partial charge in [0.1, 0.15) is 21.8 Å². The van der Waals surface area contributed by atoms with Gasteiger partial charge in [0, 0.05) is 17.7 Å². The lowest BCUT2D eigenvalue weighted by Gasteiger charge is -2.04. The van der Waals surface area contributed by atoms with Crippen LogP contribution in [0.25, 0.3) is 71.9 Å². The Morgan fingerprint density at radius 1 is 0.796 bits per heavy atom. The summed E-state index contributed by atoms with van der Waals surface area (Å²) in [6, 6.07) is 30.1. The van der Waals surface area contributed by atoms with Crippen LogP contribution in [0.5, 0.6) is 0 Å². The van der Waals surface area contributed by atoms with Gasteiger partial charge >= 0.3 is 5.63 Å². The molecule has 0 saturated heterocycles. The van der Waals surface area contributed by atoms with E-state index in [1.165, 1.54) is 32.0 Å². The molecule has 49 heavy (non-hydrogen) atoms. The van der Waals surface area contributed by atoms with Gasteiger partial charge in [-0.25, -0.2) is 23.8 Å². The van der Waals surface area contributed by atoms with Crippen LogP contribution in [0.1, 0.15) is 23.1 Å². The highest BCUT2D eigenvalue weighted by Crippen LogP contribution is 2.34. The van der Waals surface area contributed by atoms with E-state index < -0.39 is 17.0 Å². The molecule has 0 aliphatic heterocycles. The van der Waals surface area contributed by atoms with Gasteiger partial charge in [0.25, 0.3) is 5.56 Å². The minimum atomic E-state index is -0.517. The normalized spacial score (nSPS) is 11.7. The second-order valence-corrected chi connectivity index (χ2v) is 12.5. The second-order valence-electron chi connectivity index (χ2n) is 11.7. The smallest absolute Gasteiger partial charge is 0.345 e. The summed E-state index contributed by atoms with van der Waals surface area (Å²) < 4.78 is 9.97. The van der Waals surface area contributed by atoms with Crippen molar-refractivity contribution in [3.05, 3.63) is 135 Å². The predicted molar refractivity (Wildman–Crippen MR) is 188 cm³/mol. The van der Waals surface area contributed by atoms with Crippen molar-refractivity contribution in [1.29, 1.82) is 0 Å². The first-order valence-corrected chi connectivity index (χ1v) is 16.2. The molecule has 0 spiro atoms. The van der Waals surface area contributed by atoms with Crippen molar-refractivity contribution >= 4 is 55.7 Å². The Labute approximate surface area is 280 Å². The van der Waals surface area contributed by atoms with E-state index in [-0.39, 0.29) is 22.6 Å². The number of thiazole rings is 1. The zero-order valence-electron chi connectivity index (χ0n) is 26.0. The van der Waals surface area contributed by atoms with Gasteiger partial charge in [-0.15, -0.1) is 16.4 Å². The van der Waals surface area contributed by atoms with Crippen molar-refractivity contribution in [2.45, 2.75) is 13.8 Å². The van der Waals surface area contributed by atoms with Crippen molar-refractivity contribution in [1.82, 2.24) is 33.9 Å². The first-order valence-electron chi connectivity index (χ1n) is 15.4. The summed E-state index contributed by atoms with van der Waals surface area (Å²) in [4.78, 5) is 50.3. The molecule has 0 N–H and O–H groups in total. The number of carbonyl (C=O) groups excluding carboxylic acids is 1. The summed E-state index contributed by atoms with van der Waals surface area (Å²) in [5.74, 6) is -0.294. The molecule has 0 saturated carbocycles. The second kappa shape index (κ2) is 10.8. The van der Waals surface area contributed by atoms with E-state index in [4.69, 9.17) is 19.5 Å². The van der Waals surface area contributed by atoms with Crippen molar-refractivity contribution < 1.29 is 9.21 Å². The van der Waals surface area contributed by atoms with Crippen LogP contribution in [0.4, 0.5) is 0 Å². The topological polar surface area (TPSA) is 130 Å². The Morgan fingerprint density at radius 2 is 1.55 bits per heavy atom. The van der Waals surface area contributed by atoms with Crippen LogP contribution < -0.4 is 11.2 Å².